The van der Waals surface area contributed by atoms with Gasteiger partial charge >= 0.3 is 0 Å². The summed E-state index contributed by atoms with van der Waals surface area (Å²) in [7, 11) is 0. The first-order valence-corrected chi connectivity index (χ1v) is 4.94. The van der Waals surface area contributed by atoms with E-state index in [9.17, 15) is 5.11 Å². The van der Waals surface area contributed by atoms with Crippen LogP contribution in [0.3, 0.4) is 0 Å². The van der Waals surface area contributed by atoms with Crippen molar-refractivity contribution in [2.75, 3.05) is 0 Å². The summed E-state index contributed by atoms with van der Waals surface area (Å²) in [6, 6.07) is 4.12. The van der Waals surface area contributed by atoms with Crippen molar-refractivity contribution in [3.8, 4) is 5.75 Å². The number of phenolic OH excluding ortho intramolecular Hbond substituents is 1. The highest BCUT2D eigenvalue weighted by Crippen LogP contribution is 2.25. The molecule has 1 aromatic rings. The Bertz CT molecular complexity index is 289. The van der Waals surface area contributed by atoms with E-state index in [1.165, 1.54) is 6.42 Å². The zero-order valence-electron chi connectivity index (χ0n) is 8.72. The molecule has 0 aliphatic heterocycles. The molecule has 1 nitrogen and oxygen atoms in total. The predicted octanol–water partition coefficient (Wildman–Crippen LogP) is 3.35. The monoisotopic (exact) mass is 178 g/mol. The molecule has 0 bridgehead atoms. The molecule has 0 aromatic heterocycles. The zero-order chi connectivity index (χ0) is 9.84. The molecular weight excluding hydrogens is 160 g/mol. The summed E-state index contributed by atoms with van der Waals surface area (Å²) < 4.78 is 0. The Morgan fingerprint density at radius 1 is 1.23 bits per heavy atom. The number of rotatable bonds is 3. The van der Waals surface area contributed by atoms with Crippen molar-refractivity contribution in [2.24, 2.45) is 0 Å². The third-order valence-electron chi connectivity index (χ3n) is 2.59. The Labute approximate surface area is 80.4 Å². The number of unbranched alkanes of at least 4 members (excludes halogenated alkanes) is 1. The number of phenols is 1. The van der Waals surface area contributed by atoms with Crippen molar-refractivity contribution in [1.29, 1.82) is 0 Å². The smallest absolute Gasteiger partial charge is 0.121 e. The first-order valence-electron chi connectivity index (χ1n) is 4.94. The van der Waals surface area contributed by atoms with Gasteiger partial charge in [0.1, 0.15) is 5.75 Å². The minimum atomic E-state index is 0.494. The molecule has 1 heteroatoms. The van der Waals surface area contributed by atoms with Gasteiger partial charge in [-0.25, -0.2) is 0 Å². The summed E-state index contributed by atoms with van der Waals surface area (Å²) in [5.41, 5.74) is 3.27. The molecule has 0 amide bonds. The topological polar surface area (TPSA) is 20.2 Å². The molecule has 0 spiro atoms. The Balaban J connectivity index is 2.90. The minimum Gasteiger partial charge on any atom is -0.507 e. The normalized spacial score (nSPS) is 10.4. The van der Waals surface area contributed by atoms with Crippen LogP contribution in [-0.2, 0) is 6.42 Å². The Hall–Kier alpha value is -0.980. The van der Waals surface area contributed by atoms with Crippen LogP contribution in [0.4, 0.5) is 0 Å². The quantitative estimate of drug-likeness (QED) is 0.752. The van der Waals surface area contributed by atoms with Crippen molar-refractivity contribution in [1.82, 2.24) is 0 Å². The molecular formula is C12H18O. The lowest BCUT2D eigenvalue weighted by atomic mass is 10.0. The fourth-order valence-electron chi connectivity index (χ4n) is 1.43. The lowest BCUT2D eigenvalue weighted by Crippen LogP contribution is -1.90. The second-order valence-electron chi connectivity index (χ2n) is 3.62. The highest BCUT2D eigenvalue weighted by atomic mass is 16.3. The van der Waals surface area contributed by atoms with Gasteiger partial charge < -0.3 is 5.11 Å². The number of benzene rings is 1. The van der Waals surface area contributed by atoms with Crippen molar-refractivity contribution in [2.45, 2.75) is 40.0 Å². The van der Waals surface area contributed by atoms with Gasteiger partial charge in [0.25, 0.3) is 0 Å². The van der Waals surface area contributed by atoms with E-state index in [1.54, 1.807) is 0 Å². The van der Waals surface area contributed by atoms with E-state index in [1.807, 2.05) is 19.9 Å². The summed E-state index contributed by atoms with van der Waals surface area (Å²) >= 11 is 0. The molecule has 0 saturated carbocycles. The van der Waals surface area contributed by atoms with Crippen LogP contribution in [0.1, 0.15) is 36.5 Å². The van der Waals surface area contributed by atoms with E-state index in [0.29, 0.717) is 5.75 Å². The Morgan fingerprint density at radius 2 is 1.92 bits per heavy atom. The predicted molar refractivity (Wildman–Crippen MR) is 56.2 cm³/mol. The van der Waals surface area contributed by atoms with Gasteiger partial charge in [0.05, 0.1) is 0 Å². The van der Waals surface area contributed by atoms with Crippen LogP contribution >= 0.6 is 0 Å². The molecule has 0 atom stereocenters. The van der Waals surface area contributed by atoms with Crippen LogP contribution in [-0.4, -0.2) is 5.11 Å². The molecule has 13 heavy (non-hydrogen) atoms. The largest absolute Gasteiger partial charge is 0.507 e. The van der Waals surface area contributed by atoms with E-state index in [-0.39, 0.29) is 0 Å². The van der Waals surface area contributed by atoms with E-state index in [0.717, 1.165) is 29.5 Å². The zero-order valence-corrected chi connectivity index (χ0v) is 8.72. The maximum atomic E-state index is 9.81. The summed E-state index contributed by atoms with van der Waals surface area (Å²) in [5, 5.41) is 9.81. The summed E-state index contributed by atoms with van der Waals surface area (Å²) in [6.45, 7) is 6.16. The Morgan fingerprint density at radius 3 is 2.54 bits per heavy atom. The Kier molecular flexibility index (Phi) is 3.35. The number of aryl methyl sites for hydroxylation is 2. The molecule has 0 unspecified atom stereocenters. The fraction of sp³-hybridized carbons (Fsp3) is 0.500. The second kappa shape index (κ2) is 4.31. The van der Waals surface area contributed by atoms with Crippen LogP contribution in [0.5, 0.6) is 5.75 Å². The molecule has 0 aliphatic rings. The minimum absolute atomic E-state index is 0.494. The summed E-state index contributed by atoms with van der Waals surface area (Å²) in [5.74, 6) is 0.494. The van der Waals surface area contributed by atoms with Gasteiger partial charge in [-0.1, -0.05) is 25.5 Å². The van der Waals surface area contributed by atoms with Crippen LogP contribution in [0.2, 0.25) is 0 Å². The first kappa shape index (κ1) is 10.1. The number of aromatic hydroxyl groups is 1. The average molecular weight is 178 g/mol. The van der Waals surface area contributed by atoms with Gasteiger partial charge in [-0.2, -0.15) is 0 Å². The van der Waals surface area contributed by atoms with Crippen LogP contribution in [0.15, 0.2) is 12.1 Å². The maximum Gasteiger partial charge on any atom is 0.121 e. The fourth-order valence-corrected chi connectivity index (χ4v) is 1.43. The van der Waals surface area contributed by atoms with Crippen LogP contribution in [0, 0.1) is 13.8 Å². The standard InChI is InChI=1S/C12H18O/c1-4-5-6-11-8-7-9(2)10(3)12(11)13/h7-8,13H,4-6H2,1-3H3. The lowest BCUT2D eigenvalue weighted by molar-refractivity contribution is 0.462. The SMILES string of the molecule is CCCCc1ccc(C)c(C)c1O. The molecule has 72 valence electrons. The molecule has 0 heterocycles. The van der Waals surface area contributed by atoms with Gasteiger partial charge in [0.15, 0.2) is 0 Å². The van der Waals surface area contributed by atoms with Gasteiger partial charge in [0.2, 0.25) is 0 Å². The molecule has 0 radical (unpaired) electrons. The van der Waals surface area contributed by atoms with Crippen LogP contribution in [0.25, 0.3) is 0 Å². The van der Waals surface area contributed by atoms with Crippen LogP contribution < -0.4 is 0 Å². The number of hydrogen-bond acceptors (Lipinski definition) is 1. The lowest BCUT2D eigenvalue weighted by Gasteiger charge is -2.08. The van der Waals surface area contributed by atoms with Crippen molar-refractivity contribution in [3.63, 3.8) is 0 Å². The molecule has 1 rings (SSSR count). The highest BCUT2D eigenvalue weighted by molar-refractivity contribution is 5.44. The van der Waals surface area contributed by atoms with E-state index in [2.05, 4.69) is 13.0 Å². The first-order chi connectivity index (χ1) is 6.16. The molecule has 1 aromatic carbocycles. The van der Waals surface area contributed by atoms with E-state index < -0.39 is 0 Å². The molecule has 1 N–H and O–H groups in total. The maximum absolute atomic E-state index is 9.81. The molecule has 0 fully saturated rings. The van der Waals surface area contributed by atoms with Gasteiger partial charge in [-0.3, -0.25) is 0 Å². The molecule has 0 aliphatic carbocycles. The summed E-state index contributed by atoms with van der Waals surface area (Å²) in [4.78, 5) is 0. The summed E-state index contributed by atoms with van der Waals surface area (Å²) in [6.07, 6.45) is 3.31. The van der Waals surface area contributed by atoms with Gasteiger partial charge in [-0.05, 0) is 43.4 Å². The highest BCUT2D eigenvalue weighted by Gasteiger charge is 2.05. The van der Waals surface area contributed by atoms with E-state index >= 15 is 0 Å². The third-order valence-corrected chi connectivity index (χ3v) is 2.59. The van der Waals surface area contributed by atoms with Crippen molar-refractivity contribution in [3.05, 3.63) is 28.8 Å². The molecule has 0 saturated heterocycles. The third kappa shape index (κ3) is 2.24. The van der Waals surface area contributed by atoms with Crippen molar-refractivity contribution < 1.29 is 5.11 Å². The van der Waals surface area contributed by atoms with Crippen molar-refractivity contribution >= 4 is 0 Å². The second-order valence-corrected chi connectivity index (χ2v) is 3.62. The average Bonchev–Trinajstić information content (AvgIpc) is 2.13. The number of hydrogen-bond donors (Lipinski definition) is 1. The van der Waals surface area contributed by atoms with Gasteiger partial charge in [0, 0.05) is 0 Å². The van der Waals surface area contributed by atoms with Gasteiger partial charge in [-0.15, -0.1) is 0 Å². The van der Waals surface area contributed by atoms with E-state index in [4.69, 9.17) is 0 Å².